The maximum absolute atomic E-state index is 5.87. The van der Waals surface area contributed by atoms with Crippen LogP contribution in [0.4, 0.5) is 0 Å². The zero-order valence-corrected chi connectivity index (χ0v) is 14.1. The minimum absolute atomic E-state index is 0.739. The number of piperazine rings is 1. The third-order valence-electron chi connectivity index (χ3n) is 3.86. The maximum Gasteiger partial charge on any atom is 0.161 e. The van der Waals surface area contributed by atoms with E-state index in [1.165, 1.54) is 5.56 Å². The van der Waals surface area contributed by atoms with E-state index in [1.54, 1.807) is 0 Å². The fourth-order valence-electron chi connectivity index (χ4n) is 2.59. The molecule has 1 saturated heterocycles. The summed E-state index contributed by atoms with van der Waals surface area (Å²) in [6.07, 6.45) is 3.09. The summed E-state index contributed by atoms with van der Waals surface area (Å²) in [5.74, 6) is 1.77. The van der Waals surface area contributed by atoms with Crippen LogP contribution in [0.1, 0.15) is 32.3 Å². The molecule has 1 N–H and O–H groups in total. The SMILES string of the molecule is CCCOc1ccc(CCN2CCNCC2)cc1OCCC. The van der Waals surface area contributed by atoms with Crippen molar-refractivity contribution in [2.24, 2.45) is 0 Å². The van der Waals surface area contributed by atoms with Crippen molar-refractivity contribution >= 4 is 0 Å². The van der Waals surface area contributed by atoms with Crippen molar-refractivity contribution in [1.82, 2.24) is 10.2 Å². The van der Waals surface area contributed by atoms with E-state index in [0.717, 1.165) is 76.7 Å². The fraction of sp³-hybridized carbons (Fsp3) is 0.667. The van der Waals surface area contributed by atoms with E-state index in [1.807, 2.05) is 0 Å². The Kier molecular flexibility index (Phi) is 7.54. The third kappa shape index (κ3) is 5.50. The lowest BCUT2D eigenvalue weighted by Crippen LogP contribution is -2.44. The van der Waals surface area contributed by atoms with Gasteiger partial charge in [-0.25, -0.2) is 0 Å². The van der Waals surface area contributed by atoms with Crippen LogP contribution in [0, 0.1) is 0 Å². The molecule has 4 nitrogen and oxygen atoms in total. The first-order valence-electron chi connectivity index (χ1n) is 8.65. The summed E-state index contributed by atoms with van der Waals surface area (Å²) >= 11 is 0. The van der Waals surface area contributed by atoms with Crippen molar-refractivity contribution in [1.29, 1.82) is 0 Å². The average Bonchev–Trinajstić information content (AvgIpc) is 2.58. The van der Waals surface area contributed by atoms with Gasteiger partial charge in [-0.2, -0.15) is 0 Å². The zero-order chi connectivity index (χ0) is 15.6. The third-order valence-corrected chi connectivity index (χ3v) is 3.86. The summed E-state index contributed by atoms with van der Waals surface area (Å²) in [7, 11) is 0. The van der Waals surface area contributed by atoms with Gasteiger partial charge in [0.25, 0.3) is 0 Å². The van der Waals surface area contributed by atoms with Gasteiger partial charge in [-0.15, -0.1) is 0 Å². The van der Waals surface area contributed by atoms with Crippen molar-refractivity contribution in [2.45, 2.75) is 33.1 Å². The Morgan fingerprint density at radius 1 is 1.00 bits per heavy atom. The number of ether oxygens (including phenoxy) is 2. The summed E-state index contributed by atoms with van der Waals surface area (Å²) < 4.78 is 11.7. The average molecular weight is 306 g/mol. The Morgan fingerprint density at radius 3 is 2.36 bits per heavy atom. The van der Waals surface area contributed by atoms with Crippen molar-refractivity contribution in [3.8, 4) is 11.5 Å². The molecule has 1 aromatic carbocycles. The van der Waals surface area contributed by atoms with Gasteiger partial charge in [0.05, 0.1) is 13.2 Å². The van der Waals surface area contributed by atoms with E-state index >= 15 is 0 Å². The van der Waals surface area contributed by atoms with Gasteiger partial charge in [0.15, 0.2) is 11.5 Å². The van der Waals surface area contributed by atoms with Crippen LogP contribution in [0.15, 0.2) is 18.2 Å². The molecule has 22 heavy (non-hydrogen) atoms. The van der Waals surface area contributed by atoms with Crippen molar-refractivity contribution in [3.63, 3.8) is 0 Å². The first-order chi connectivity index (χ1) is 10.8. The molecule has 0 bridgehead atoms. The second-order valence-corrected chi connectivity index (χ2v) is 5.82. The van der Waals surface area contributed by atoms with Gasteiger partial charge in [-0.3, -0.25) is 0 Å². The molecular formula is C18H30N2O2. The summed E-state index contributed by atoms with van der Waals surface area (Å²) in [5, 5.41) is 3.39. The van der Waals surface area contributed by atoms with E-state index in [4.69, 9.17) is 9.47 Å². The maximum atomic E-state index is 5.87. The summed E-state index contributed by atoms with van der Waals surface area (Å²) in [5.41, 5.74) is 1.33. The van der Waals surface area contributed by atoms with Crippen LogP contribution < -0.4 is 14.8 Å². The normalized spacial score (nSPS) is 15.7. The lowest BCUT2D eigenvalue weighted by Gasteiger charge is -2.27. The van der Waals surface area contributed by atoms with Gasteiger partial charge in [-0.1, -0.05) is 19.9 Å². The molecule has 1 heterocycles. The van der Waals surface area contributed by atoms with Gasteiger partial charge in [0.1, 0.15) is 0 Å². The van der Waals surface area contributed by atoms with E-state index < -0.39 is 0 Å². The van der Waals surface area contributed by atoms with Crippen molar-refractivity contribution < 1.29 is 9.47 Å². The predicted molar refractivity (Wildman–Crippen MR) is 91.0 cm³/mol. The highest BCUT2D eigenvalue weighted by molar-refractivity contribution is 5.43. The Labute approximate surface area is 134 Å². The summed E-state index contributed by atoms with van der Waals surface area (Å²) in [6.45, 7) is 11.3. The molecule has 0 saturated carbocycles. The molecule has 0 aliphatic carbocycles. The topological polar surface area (TPSA) is 33.7 Å². The molecule has 2 rings (SSSR count). The number of benzene rings is 1. The first-order valence-corrected chi connectivity index (χ1v) is 8.65. The quantitative estimate of drug-likeness (QED) is 0.760. The van der Waals surface area contributed by atoms with Crippen molar-refractivity contribution in [3.05, 3.63) is 23.8 Å². The number of hydrogen-bond acceptors (Lipinski definition) is 4. The van der Waals surface area contributed by atoms with Crippen LogP contribution in [0.3, 0.4) is 0 Å². The molecule has 0 atom stereocenters. The Balaban J connectivity index is 1.94. The number of nitrogens with one attached hydrogen (secondary N) is 1. The zero-order valence-electron chi connectivity index (χ0n) is 14.1. The minimum atomic E-state index is 0.739. The molecule has 4 heteroatoms. The molecule has 0 unspecified atom stereocenters. The van der Waals surface area contributed by atoms with Gasteiger partial charge in [0, 0.05) is 32.7 Å². The lowest BCUT2D eigenvalue weighted by molar-refractivity contribution is 0.243. The smallest absolute Gasteiger partial charge is 0.161 e. The largest absolute Gasteiger partial charge is 0.490 e. The van der Waals surface area contributed by atoms with Gasteiger partial charge < -0.3 is 19.7 Å². The van der Waals surface area contributed by atoms with Crippen LogP contribution in [-0.4, -0.2) is 50.8 Å². The monoisotopic (exact) mass is 306 g/mol. The van der Waals surface area contributed by atoms with Crippen LogP contribution in [0.2, 0.25) is 0 Å². The standard InChI is InChI=1S/C18H30N2O2/c1-3-13-21-17-6-5-16(15-18(17)22-14-4-2)7-10-20-11-8-19-9-12-20/h5-6,15,19H,3-4,7-14H2,1-2H3. The van der Waals surface area contributed by atoms with Gasteiger partial charge in [-0.05, 0) is 37.0 Å². The molecular weight excluding hydrogens is 276 g/mol. The molecule has 0 amide bonds. The Morgan fingerprint density at radius 2 is 1.68 bits per heavy atom. The fourth-order valence-corrected chi connectivity index (χ4v) is 2.59. The molecule has 0 radical (unpaired) electrons. The Bertz CT molecular complexity index is 431. The minimum Gasteiger partial charge on any atom is -0.490 e. The second kappa shape index (κ2) is 9.70. The summed E-state index contributed by atoms with van der Waals surface area (Å²) in [4.78, 5) is 2.52. The van der Waals surface area contributed by atoms with Gasteiger partial charge in [0.2, 0.25) is 0 Å². The summed E-state index contributed by atoms with van der Waals surface area (Å²) in [6, 6.07) is 6.39. The molecule has 0 spiro atoms. The van der Waals surface area contributed by atoms with Crippen LogP contribution >= 0.6 is 0 Å². The van der Waals surface area contributed by atoms with Crippen molar-refractivity contribution in [2.75, 3.05) is 45.9 Å². The predicted octanol–water partition coefficient (Wildman–Crippen LogP) is 2.71. The number of nitrogens with zero attached hydrogens (tertiary/aromatic N) is 1. The number of hydrogen-bond donors (Lipinski definition) is 1. The molecule has 1 aliphatic heterocycles. The van der Waals surface area contributed by atoms with Crippen LogP contribution in [0.5, 0.6) is 11.5 Å². The highest BCUT2D eigenvalue weighted by Gasteiger charge is 2.11. The Hall–Kier alpha value is -1.26. The van der Waals surface area contributed by atoms with E-state index in [0.29, 0.717) is 0 Å². The van der Waals surface area contributed by atoms with E-state index in [2.05, 4.69) is 42.3 Å². The molecule has 1 fully saturated rings. The van der Waals surface area contributed by atoms with Crippen LogP contribution in [0.25, 0.3) is 0 Å². The first kappa shape index (κ1) is 17.1. The van der Waals surface area contributed by atoms with Crippen LogP contribution in [-0.2, 0) is 6.42 Å². The number of rotatable bonds is 9. The molecule has 1 aromatic rings. The molecule has 124 valence electrons. The van der Waals surface area contributed by atoms with E-state index in [-0.39, 0.29) is 0 Å². The van der Waals surface area contributed by atoms with E-state index in [9.17, 15) is 0 Å². The highest BCUT2D eigenvalue weighted by Crippen LogP contribution is 2.29. The molecule has 1 aliphatic rings. The molecule has 0 aromatic heterocycles. The van der Waals surface area contributed by atoms with Gasteiger partial charge >= 0.3 is 0 Å². The highest BCUT2D eigenvalue weighted by atomic mass is 16.5. The lowest BCUT2D eigenvalue weighted by atomic mass is 10.1. The second-order valence-electron chi connectivity index (χ2n) is 5.82.